The van der Waals surface area contributed by atoms with Gasteiger partial charge in [0.15, 0.2) is 0 Å². The molecule has 0 bridgehead atoms. The van der Waals surface area contributed by atoms with E-state index in [-0.39, 0.29) is 0 Å². The smallest absolute Gasteiger partial charge is 0.147 e. The third kappa shape index (κ3) is 2.54. The SMILES string of the molecule is C/C=C(\C=NC)c1cc(OC)c2nnc(N)cc2c1. The molecule has 5 heteroatoms. The van der Waals surface area contributed by atoms with Crippen molar-refractivity contribution >= 4 is 28.5 Å². The molecule has 1 aromatic heterocycles. The number of aliphatic imine (C=N–C) groups is 1. The van der Waals surface area contributed by atoms with Crippen molar-refractivity contribution in [3.63, 3.8) is 0 Å². The predicted octanol–water partition coefficient (Wildman–Crippen LogP) is 2.32. The summed E-state index contributed by atoms with van der Waals surface area (Å²) in [6, 6.07) is 5.70. The van der Waals surface area contributed by atoms with Crippen molar-refractivity contribution in [2.24, 2.45) is 4.99 Å². The third-order valence-electron chi connectivity index (χ3n) is 2.81. The maximum absolute atomic E-state index is 5.68. The zero-order chi connectivity index (χ0) is 13.8. The summed E-state index contributed by atoms with van der Waals surface area (Å²) < 4.78 is 5.37. The van der Waals surface area contributed by atoms with Gasteiger partial charge in [-0.25, -0.2) is 0 Å². The number of nitrogens with two attached hydrogens (primary N) is 1. The van der Waals surface area contributed by atoms with Crippen molar-refractivity contribution in [3.05, 3.63) is 29.8 Å². The van der Waals surface area contributed by atoms with Gasteiger partial charge in [-0.3, -0.25) is 4.99 Å². The Bertz CT molecular complexity index is 662. The number of anilines is 1. The molecule has 19 heavy (non-hydrogen) atoms. The molecule has 2 rings (SSSR count). The summed E-state index contributed by atoms with van der Waals surface area (Å²) in [5.74, 6) is 1.06. The van der Waals surface area contributed by atoms with Crippen LogP contribution in [0.1, 0.15) is 12.5 Å². The van der Waals surface area contributed by atoms with Crippen molar-refractivity contribution in [2.75, 3.05) is 19.9 Å². The summed E-state index contributed by atoms with van der Waals surface area (Å²) >= 11 is 0. The Kier molecular flexibility index (Phi) is 3.75. The Morgan fingerprint density at radius 2 is 2.11 bits per heavy atom. The molecular formula is C14H16N4O. The van der Waals surface area contributed by atoms with Gasteiger partial charge in [-0.15, -0.1) is 10.2 Å². The van der Waals surface area contributed by atoms with Gasteiger partial charge in [0.1, 0.15) is 17.1 Å². The first-order valence-corrected chi connectivity index (χ1v) is 5.89. The largest absolute Gasteiger partial charge is 0.494 e. The number of benzene rings is 1. The average molecular weight is 256 g/mol. The Morgan fingerprint density at radius 1 is 1.32 bits per heavy atom. The molecular weight excluding hydrogens is 240 g/mol. The molecule has 0 amide bonds. The monoisotopic (exact) mass is 256 g/mol. The maximum atomic E-state index is 5.68. The van der Waals surface area contributed by atoms with Crippen molar-refractivity contribution in [1.82, 2.24) is 10.2 Å². The molecule has 0 saturated carbocycles. The van der Waals surface area contributed by atoms with E-state index in [0.29, 0.717) is 17.1 Å². The van der Waals surface area contributed by atoms with Gasteiger partial charge in [-0.05, 0) is 36.3 Å². The number of methoxy groups -OCH3 is 1. The third-order valence-corrected chi connectivity index (χ3v) is 2.81. The molecule has 0 spiro atoms. The van der Waals surface area contributed by atoms with Crippen molar-refractivity contribution in [3.8, 4) is 5.75 Å². The summed E-state index contributed by atoms with van der Waals surface area (Å²) in [4.78, 5) is 4.05. The number of ether oxygens (including phenoxy) is 1. The standard InChI is InChI=1S/C14H16N4O/c1-4-9(8-16-2)10-5-11-7-13(15)17-18-14(11)12(6-10)19-3/h4-8H,1-3H3,(H2,15,17)/b9-4+,16-8?. The van der Waals surface area contributed by atoms with Crippen molar-refractivity contribution in [2.45, 2.75) is 6.92 Å². The van der Waals surface area contributed by atoms with Crippen LogP contribution in [0.4, 0.5) is 5.82 Å². The Labute approximate surface area is 111 Å². The summed E-state index contributed by atoms with van der Waals surface area (Å²) in [6.45, 7) is 1.97. The fourth-order valence-corrected chi connectivity index (χ4v) is 1.92. The Balaban J connectivity index is 2.70. The fraction of sp³-hybridized carbons (Fsp3) is 0.214. The van der Waals surface area contributed by atoms with Crippen LogP contribution < -0.4 is 10.5 Å². The second-order valence-electron chi connectivity index (χ2n) is 4.02. The van der Waals surface area contributed by atoms with Gasteiger partial charge in [-0.1, -0.05) is 6.08 Å². The minimum absolute atomic E-state index is 0.387. The molecule has 1 aromatic carbocycles. The highest BCUT2D eigenvalue weighted by Crippen LogP contribution is 2.28. The summed E-state index contributed by atoms with van der Waals surface area (Å²) in [5, 5.41) is 8.82. The zero-order valence-corrected chi connectivity index (χ0v) is 11.2. The highest BCUT2D eigenvalue weighted by atomic mass is 16.5. The molecule has 0 saturated heterocycles. The van der Waals surface area contributed by atoms with E-state index in [4.69, 9.17) is 10.5 Å². The molecule has 0 aliphatic carbocycles. The van der Waals surface area contributed by atoms with Gasteiger partial charge < -0.3 is 10.5 Å². The summed E-state index contributed by atoms with van der Waals surface area (Å²) in [6.07, 6.45) is 3.80. The van der Waals surface area contributed by atoms with Crippen molar-refractivity contribution < 1.29 is 4.74 Å². The first-order valence-electron chi connectivity index (χ1n) is 5.89. The lowest BCUT2D eigenvalue weighted by molar-refractivity contribution is 0.418. The second kappa shape index (κ2) is 5.48. The summed E-state index contributed by atoms with van der Waals surface area (Å²) in [5.41, 5.74) is 8.39. The van der Waals surface area contributed by atoms with Crippen molar-refractivity contribution in [1.29, 1.82) is 0 Å². The minimum atomic E-state index is 0.387. The Morgan fingerprint density at radius 3 is 2.74 bits per heavy atom. The molecule has 0 aliphatic heterocycles. The molecule has 0 atom stereocenters. The van der Waals surface area contributed by atoms with Gasteiger partial charge in [0.25, 0.3) is 0 Å². The van der Waals surface area contributed by atoms with E-state index in [9.17, 15) is 0 Å². The molecule has 0 radical (unpaired) electrons. The van der Waals surface area contributed by atoms with Crippen LogP contribution in [0.15, 0.2) is 29.3 Å². The van der Waals surface area contributed by atoms with Crippen LogP contribution in [0.5, 0.6) is 5.75 Å². The van der Waals surface area contributed by atoms with E-state index in [0.717, 1.165) is 16.5 Å². The summed E-state index contributed by atoms with van der Waals surface area (Å²) in [7, 11) is 3.35. The lowest BCUT2D eigenvalue weighted by atomic mass is 10.0. The zero-order valence-electron chi connectivity index (χ0n) is 11.2. The molecule has 5 nitrogen and oxygen atoms in total. The molecule has 2 aromatic rings. The van der Waals surface area contributed by atoms with Crippen LogP contribution in [-0.4, -0.2) is 30.6 Å². The number of fused-ring (bicyclic) bond motifs is 1. The number of aromatic nitrogens is 2. The molecule has 0 aliphatic rings. The van der Waals surface area contributed by atoms with Gasteiger partial charge in [-0.2, -0.15) is 0 Å². The van der Waals surface area contributed by atoms with Gasteiger partial charge >= 0.3 is 0 Å². The minimum Gasteiger partial charge on any atom is -0.494 e. The normalized spacial score (nSPS) is 12.3. The van der Waals surface area contributed by atoms with E-state index in [2.05, 4.69) is 15.2 Å². The number of hydrogen-bond acceptors (Lipinski definition) is 5. The highest BCUT2D eigenvalue weighted by molar-refractivity contribution is 6.11. The first kappa shape index (κ1) is 13.0. The van der Waals surface area contributed by atoms with Crippen LogP contribution in [0.25, 0.3) is 16.5 Å². The van der Waals surface area contributed by atoms with Crippen LogP contribution >= 0.6 is 0 Å². The molecule has 2 N–H and O–H groups in total. The first-order chi connectivity index (χ1) is 9.19. The number of rotatable bonds is 3. The van der Waals surface area contributed by atoms with Gasteiger partial charge in [0.05, 0.1) is 7.11 Å². The van der Waals surface area contributed by atoms with Crippen LogP contribution in [0, 0.1) is 0 Å². The number of nitrogens with zero attached hydrogens (tertiary/aromatic N) is 3. The molecule has 0 fully saturated rings. The van der Waals surface area contributed by atoms with Gasteiger partial charge in [0.2, 0.25) is 0 Å². The van der Waals surface area contributed by atoms with Crippen LogP contribution in [0.2, 0.25) is 0 Å². The predicted molar refractivity (Wildman–Crippen MR) is 78.6 cm³/mol. The maximum Gasteiger partial charge on any atom is 0.147 e. The van der Waals surface area contributed by atoms with Crippen LogP contribution in [0.3, 0.4) is 0 Å². The second-order valence-corrected chi connectivity index (χ2v) is 4.02. The molecule has 98 valence electrons. The molecule has 0 unspecified atom stereocenters. The average Bonchev–Trinajstić information content (AvgIpc) is 2.43. The van der Waals surface area contributed by atoms with Crippen LogP contribution in [-0.2, 0) is 0 Å². The number of nitrogen functional groups attached to an aromatic ring is 1. The van der Waals surface area contributed by atoms with E-state index < -0.39 is 0 Å². The quantitative estimate of drug-likeness (QED) is 0.855. The van der Waals surface area contributed by atoms with E-state index in [1.807, 2.05) is 25.1 Å². The lowest BCUT2D eigenvalue weighted by Gasteiger charge is -2.09. The number of hydrogen-bond donors (Lipinski definition) is 1. The molecule has 1 heterocycles. The Hall–Kier alpha value is -2.43. The van der Waals surface area contributed by atoms with Gasteiger partial charge in [0, 0.05) is 18.6 Å². The lowest BCUT2D eigenvalue weighted by Crippen LogP contribution is -1.97. The van der Waals surface area contributed by atoms with E-state index >= 15 is 0 Å². The topological polar surface area (TPSA) is 73.4 Å². The number of allylic oxidation sites excluding steroid dienone is 2. The van der Waals surface area contributed by atoms with E-state index in [1.165, 1.54) is 0 Å². The van der Waals surface area contributed by atoms with E-state index in [1.54, 1.807) is 26.4 Å². The highest BCUT2D eigenvalue weighted by Gasteiger charge is 2.09. The fourth-order valence-electron chi connectivity index (χ4n) is 1.92.